The smallest absolute Gasteiger partial charge is 0.226 e. The first kappa shape index (κ1) is 18.2. The first-order valence-corrected chi connectivity index (χ1v) is 8.98. The summed E-state index contributed by atoms with van der Waals surface area (Å²) in [6.45, 7) is 5.70. The SMILES string of the molecule is CC(C)c1noc(CCCC(=O)N(C)Cc2ccc3c(c2)OCCO3)n1. The van der Waals surface area contributed by atoms with Crippen LogP contribution in [0.1, 0.15) is 49.9 Å². The topological polar surface area (TPSA) is 77.7 Å². The number of nitrogens with zero attached hydrogens (tertiary/aromatic N) is 3. The average Bonchev–Trinajstić information content (AvgIpc) is 3.10. The van der Waals surface area contributed by atoms with E-state index in [-0.39, 0.29) is 11.8 Å². The van der Waals surface area contributed by atoms with Gasteiger partial charge in [0.15, 0.2) is 17.3 Å². The van der Waals surface area contributed by atoms with Gasteiger partial charge in [0.25, 0.3) is 0 Å². The van der Waals surface area contributed by atoms with Gasteiger partial charge in [-0.05, 0) is 24.1 Å². The molecule has 1 aliphatic rings. The number of ether oxygens (including phenoxy) is 2. The molecule has 0 fully saturated rings. The number of carbonyl (C=O) groups excluding carboxylic acids is 1. The van der Waals surface area contributed by atoms with Crippen LogP contribution in [0.3, 0.4) is 0 Å². The minimum atomic E-state index is 0.0866. The number of hydrogen-bond donors (Lipinski definition) is 0. The van der Waals surface area contributed by atoms with Gasteiger partial charge in [-0.15, -0.1) is 0 Å². The number of amides is 1. The largest absolute Gasteiger partial charge is 0.486 e. The van der Waals surface area contributed by atoms with Crippen LogP contribution in [0.15, 0.2) is 22.7 Å². The van der Waals surface area contributed by atoms with E-state index in [1.165, 1.54) is 0 Å². The van der Waals surface area contributed by atoms with Crippen molar-refractivity contribution >= 4 is 5.91 Å². The number of benzene rings is 1. The first-order chi connectivity index (χ1) is 12.5. The van der Waals surface area contributed by atoms with Crippen LogP contribution in [0.4, 0.5) is 0 Å². The van der Waals surface area contributed by atoms with Gasteiger partial charge in [-0.2, -0.15) is 4.98 Å². The maximum Gasteiger partial charge on any atom is 0.226 e. The molecule has 7 heteroatoms. The number of carbonyl (C=O) groups is 1. The van der Waals surface area contributed by atoms with Gasteiger partial charge in [0, 0.05) is 32.4 Å². The number of fused-ring (bicyclic) bond motifs is 1. The molecule has 26 heavy (non-hydrogen) atoms. The maximum absolute atomic E-state index is 12.3. The third kappa shape index (κ3) is 4.53. The molecule has 1 amide bonds. The van der Waals surface area contributed by atoms with Crippen LogP contribution >= 0.6 is 0 Å². The summed E-state index contributed by atoms with van der Waals surface area (Å²) in [5, 5.41) is 3.94. The molecule has 0 radical (unpaired) electrons. The van der Waals surface area contributed by atoms with Crippen molar-refractivity contribution in [2.75, 3.05) is 20.3 Å². The van der Waals surface area contributed by atoms with Gasteiger partial charge in [-0.3, -0.25) is 4.79 Å². The lowest BCUT2D eigenvalue weighted by molar-refractivity contribution is -0.130. The Hall–Kier alpha value is -2.57. The minimum absolute atomic E-state index is 0.0866. The normalized spacial score (nSPS) is 13.1. The fourth-order valence-corrected chi connectivity index (χ4v) is 2.73. The zero-order chi connectivity index (χ0) is 18.5. The number of aryl methyl sites for hydroxylation is 1. The molecule has 0 saturated carbocycles. The van der Waals surface area contributed by atoms with Gasteiger partial charge in [-0.1, -0.05) is 25.1 Å². The van der Waals surface area contributed by atoms with E-state index < -0.39 is 0 Å². The summed E-state index contributed by atoms with van der Waals surface area (Å²) in [4.78, 5) is 18.4. The summed E-state index contributed by atoms with van der Waals surface area (Å²) in [7, 11) is 1.81. The predicted octanol–water partition coefficient (Wildman–Crippen LogP) is 2.95. The molecule has 0 atom stereocenters. The van der Waals surface area contributed by atoms with E-state index >= 15 is 0 Å². The van der Waals surface area contributed by atoms with Crippen LogP contribution < -0.4 is 9.47 Å². The molecule has 1 aromatic carbocycles. The molecule has 0 N–H and O–H groups in total. The van der Waals surface area contributed by atoms with E-state index in [0.717, 1.165) is 17.1 Å². The van der Waals surface area contributed by atoms with Crippen LogP contribution in [0.5, 0.6) is 11.5 Å². The minimum Gasteiger partial charge on any atom is -0.486 e. The molecule has 1 aromatic heterocycles. The standard InChI is InChI=1S/C19H25N3O4/c1-13(2)19-20-17(26-21-19)5-4-6-18(23)22(3)12-14-7-8-15-16(11-14)25-10-9-24-15/h7-8,11,13H,4-6,9-10,12H2,1-3H3. The Kier molecular flexibility index (Phi) is 5.75. The van der Waals surface area contributed by atoms with Crippen molar-refractivity contribution in [1.82, 2.24) is 15.0 Å². The molecule has 0 saturated heterocycles. The second-order valence-electron chi connectivity index (χ2n) is 6.78. The summed E-state index contributed by atoms with van der Waals surface area (Å²) in [6, 6.07) is 5.79. The van der Waals surface area contributed by atoms with E-state index in [1.807, 2.05) is 39.1 Å². The van der Waals surface area contributed by atoms with Crippen molar-refractivity contribution < 1.29 is 18.8 Å². The Bertz CT molecular complexity index is 757. The number of hydrogen-bond acceptors (Lipinski definition) is 6. The lowest BCUT2D eigenvalue weighted by Gasteiger charge is -2.21. The van der Waals surface area contributed by atoms with Crippen LogP contribution in [-0.4, -0.2) is 41.2 Å². The third-order valence-electron chi connectivity index (χ3n) is 4.23. The molecule has 1 aliphatic heterocycles. The molecule has 7 nitrogen and oxygen atoms in total. The molecule has 2 aromatic rings. The van der Waals surface area contributed by atoms with Crippen molar-refractivity contribution in [3.63, 3.8) is 0 Å². The highest BCUT2D eigenvalue weighted by atomic mass is 16.6. The lowest BCUT2D eigenvalue weighted by Crippen LogP contribution is -2.26. The summed E-state index contributed by atoms with van der Waals surface area (Å²) >= 11 is 0. The van der Waals surface area contributed by atoms with E-state index in [2.05, 4.69) is 10.1 Å². The molecule has 0 bridgehead atoms. The number of rotatable bonds is 7. The predicted molar refractivity (Wildman–Crippen MR) is 95.2 cm³/mol. The Morgan fingerprint density at radius 2 is 2.00 bits per heavy atom. The van der Waals surface area contributed by atoms with E-state index in [9.17, 15) is 4.79 Å². The van der Waals surface area contributed by atoms with Gasteiger partial charge in [0.1, 0.15) is 13.2 Å². The van der Waals surface area contributed by atoms with Gasteiger partial charge < -0.3 is 18.9 Å². The quantitative estimate of drug-likeness (QED) is 0.756. The molecule has 2 heterocycles. The monoisotopic (exact) mass is 359 g/mol. The van der Waals surface area contributed by atoms with Gasteiger partial charge in [-0.25, -0.2) is 0 Å². The van der Waals surface area contributed by atoms with Gasteiger partial charge >= 0.3 is 0 Å². The fourth-order valence-electron chi connectivity index (χ4n) is 2.73. The molecule has 0 spiro atoms. The van der Waals surface area contributed by atoms with Crippen molar-refractivity contribution in [1.29, 1.82) is 0 Å². The van der Waals surface area contributed by atoms with E-state index in [1.54, 1.807) is 4.90 Å². The summed E-state index contributed by atoms with van der Waals surface area (Å²) in [5.41, 5.74) is 1.02. The Morgan fingerprint density at radius 3 is 2.73 bits per heavy atom. The molecule has 0 aliphatic carbocycles. The number of aromatic nitrogens is 2. The second kappa shape index (κ2) is 8.21. The summed E-state index contributed by atoms with van der Waals surface area (Å²) in [5.74, 6) is 3.13. The fraction of sp³-hybridized carbons (Fsp3) is 0.526. The lowest BCUT2D eigenvalue weighted by atomic mass is 10.1. The van der Waals surface area contributed by atoms with Crippen LogP contribution in [0.25, 0.3) is 0 Å². The van der Waals surface area contributed by atoms with Crippen LogP contribution in [0.2, 0.25) is 0 Å². The van der Waals surface area contributed by atoms with Crippen molar-refractivity contribution in [2.45, 2.75) is 45.6 Å². The highest BCUT2D eigenvalue weighted by molar-refractivity contribution is 5.75. The zero-order valence-corrected chi connectivity index (χ0v) is 15.5. The highest BCUT2D eigenvalue weighted by Gasteiger charge is 2.15. The van der Waals surface area contributed by atoms with Crippen molar-refractivity contribution in [3.8, 4) is 11.5 Å². The van der Waals surface area contributed by atoms with Crippen molar-refractivity contribution in [2.24, 2.45) is 0 Å². The van der Waals surface area contributed by atoms with E-state index in [0.29, 0.717) is 50.7 Å². The Labute approximate surface area is 153 Å². The molecule has 0 unspecified atom stereocenters. The maximum atomic E-state index is 12.3. The zero-order valence-electron chi connectivity index (χ0n) is 15.5. The van der Waals surface area contributed by atoms with Gasteiger partial charge in [0.2, 0.25) is 11.8 Å². The third-order valence-corrected chi connectivity index (χ3v) is 4.23. The summed E-state index contributed by atoms with van der Waals surface area (Å²) in [6.07, 6.45) is 1.74. The van der Waals surface area contributed by atoms with Crippen LogP contribution in [0, 0.1) is 0 Å². The second-order valence-corrected chi connectivity index (χ2v) is 6.78. The highest BCUT2D eigenvalue weighted by Crippen LogP contribution is 2.31. The van der Waals surface area contributed by atoms with Gasteiger partial charge in [0.05, 0.1) is 0 Å². The Balaban J connectivity index is 1.47. The van der Waals surface area contributed by atoms with E-state index in [4.69, 9.17) is 14.0 Å². The molecule has 140 valence electrons. The Morgan fingerprint density at radius 1 is 1.23 bits per heavy atom. The average molecular weight is 359 g/mol. The molecular weight excluding hydrogens is 334 g/mol. The molecular formula is C19H25N3O4. The summed E-state index contributed by atoms with van der Waals surface area (Å²) < 4.78 is 16.3. The van der Waals surface area contributed by atoms with Crippen LogP contribution in [-0.2, 0) is 17.8 Å². The molecule has 3 rings (SSSR count). The van der Waals surface area contributed by atoms with Crippen molar-refractivity contribution in [3.05, 3.63) is 35.5 Å². The first-order valence-electron chi connectivity index (χ1n) is 8.98.